The molecular formula is C24H25FN4O. The molecule has 5 nitrogen and oxygen atoms in total. The number of carbonyl (C=O) groups is 1. The highest BCUT2D eigenvalue weighted by Crippen LogP contribution is 2.32. The van der Waals surface area contributed by atoms with Gasteiger partial charge in [0.25, 0.3) is 5.91 Å². The molecule has 0 spiro atoms. The summed E-state index contributed by atoms with van der Waals surface area (Å²) in [6, 6.07) is 15.0. The molecule has 30 heavy (non-hydrogen) atoms. The zero-order valence-corrected chi connectivity index (χ0v) is 17.1. The number of aliphatic imine (C=N–C) groups is 1. The highest BCUT2D eigenvalue weighted by atomic mass is 19.1. The second-order valence-corrected chi connectivity index (χ2v) is 8.23. The van der Waals surface area contributed by atoms with Crippen molar-refractivity contribution in [1.29, 1.82) is 0 Å². The number of aryl methyl sites for hydroxylation is 1. The van der Waals surface area contributed by atoms with E-state index in [0.29, 0.717) is 19.6 Å². The van der Waals surface area contributed by atoms with Gasteiger partial charge in [0, 0.05) is 38.3 Å². The Morgan fingerprint density at radius 2 is 1.87 bits per heavy atom. The molecular weight excluding hydrogens is 379 g/mol. The third-order valence-corrected chi connectivity index (χ3v) is 6.04. The molecule has 0 radical (unpaired) electrons. The van der Waals surface area contributed by atoms with Crippen LogP contribution in [0.2, 0.25) is 0 Å². The summed E-state index contributed by atoms with van der Waals surface area (Å²) in [7, 11) is 0. The van der Waals surface area contributed by atoms with E-state index in [4.69, 9.17) is 0 Å². The van der Waals surface area contributed by atoms with Crippen molar-refractivity contribution in [3.05, 3.63) is 82.3 Å². The van der Waals surface area contributed by atoms with Crippen LogP contribution in [0, 0.1) is 12.7 Å². The molecule has 0 aliphatic carbocycles. The summed E-state index contributed by atoms with van der Waals surface area (Å²) < 4.78 is 13.6. The maximum Gasteiger partial charge on any atom is 0.259 e. The van der Waals surface area contributed by atoms with Crippen molar-refractivity contribution in [2.75, 3.05) is 26.2 Å². The Morgan fingerprint density at radius 1 is 1.03 bits per heavy atom. The Labute approximate surface area is 176 Å². The molecule has 0 N–H and O–H groups in total. The summed E-state index contributed by atoms with van der Waals surface area (Å²) in [5.74, 6) is 0.615. The van der Waals surface area contributed by atoms with E-state index in [-0.39, 0.29) is 11.7 Å². The van der Waals surface area contributed by atoms with Crippen LogP contribution >= 0.6 is 0 Å². The van der Waals surface area contributed by atoms with Crippen LogP contribution in [0.4, 0.5) is 4.39 Å². The van der Waals surface area contributed by atoms with Crippen LogP contribution in [0.15, 0.2) is 64.8 Å². The van der Waals surface area contributed by atoms with Crippen molar-refractivity contribution >= 4 is 11.9 Å². The van der Waals surface area contributed by atoms with E-state index < -0.39 is 0 Å². The van der Waals surface area contributed by atoms with Gasteiger partial charge in [-0.1, -0.05) is 42.0 Å². The fraction of sp³-hybridized carbons (Fsp3) is 0.333. The van der Waals surface area contributed by atoms with Gasteiger partial charge in [0.05, 0.1) is 18.7 Å². The second kappa shape index (κ2) is 7.69. The van der Waals surface area contributed by atoms with E-state index >= 15 is 0 Å². The van der Waals surface area contributed by atoms with Crippen LogP contribution < -0.4 is 0 Å². The van der Waals surface area contributed by atoms with Crippen molar-refractivity contribution in [3.8, 4) is 0 Å². The van der Waals surface area contributed by atoms with Gasteiger partial charge in [-0.15, -0.1) is 0 Å². The lowest BCUT2D eigenvalue weighted by molar-refractivity contribution is -0.125. The van der Waals surface area contributed by atoms with Gasteiger partial charge in [-0.2, -0.15) is 0 Å². The molecule has 3 heterocycles. The number of hydrogen-bond donors (Lipinski definition) is 0. The quantitative estimate of drug-likeness (QED) is 0.785. The van der Waals surface area contributed by atoms with Crippen LogP contribution in [0.3, 0.4) is 0 Å². The molecule has 0 aromatic heterocycles. The summed E-state index contributed by atoms with van der Waals surface area (Å²) in [4.78, 5) is 24.4. The lowest BCUT2D eigenvalue weighted by atomic mass is 10.00. The summed E-state index contributed by atoms with van der Waals surface area (Å²) in [6.07, 6.45) is 0.813. The monoisotopic (exact) mass is 404 g/mol. The molecule has 5 rings (SSSR count). The first kappa shape index (κ1) is 19.0. The highest BCUT2D eigenvalue weighted by molar-refractivity contribution is 6.09. The number of nitrogens with zero attached hydrogens (tertiary/aromatic N) is 4. The van der Waals surface area contributed by atoms with Gasteiger partial charge >= 0.3 is 0 Å². The van der Waals surface area contributed by atoms with Gasteiger partial charge in [0.2, 0.25) is 5.96 Å². The first-order valence-electron chi connectivity index (χ1n) is 10.5. The Balaban J connectivity index is 1.39. The minimum Gasteiger partial charge on any atom is -0.314 e. The van der Waals surface area contributed by atoms with Gasteiger partial charge < -0.3 is 4.90 Å². The molecule has 154 valence electrons. The molecule has 0 unspecified atom stereocenters. The van der Waals surface area contributed by atoms with Gasteiger partial charge in [-0.3, -0.25) is 19.6 Å². The summed E-state index contributed by atoms with van der Waals surface area (Å²) in [5.41, 5.74) is 5.20. The van der Waals surface area contributed by atoms with Crippen LogP contribution in [0.5, 0.6) is 0 Å². The van der Waals surface area contributed by atoms with E-state index in [1.807, 2.05) is 11.0 Å². The largest absolute Gasteiger partial charge is 0.314 e. The zero-order valence-electron chi connectivity index (χ0n) is 17.1. The maximum absolute atomic E-state index is 13.6. The Bertz CT molecular complexity index is 1040. The number of benzene rings is 2. The fourth-order valence-corrected chi connectivity index (χ4v) is 4.52. The molecule has 2 aromatic carbocycles. The lowest BCUT2D eigenvalue weighted by Crippen LogP contribution is -2.53. The first-order chi connectivity index (χ1) is 14.6. The van der Waals surface area contributed by atoms with Gasteiger partial charge in [0.1, 0.15) is 5.82 Å². The highest BCUT2D eigenvalue weighted by Gasteiger charge is 2.40. The summed E-state index contributed by atoms with van der Waals surface area (Å²) in [5, 5.41) is 0. The lowest BCUT2D eigenvalue weighted by Gasteiger charge is -2.42. The molecule has 2 aromatic rings. The van der Waals surface area contributed by atoms with Crippen molar-refractivity contribution in [3.63, 3.8) is 0 Å². The van der Waals surface area contributed by atoms with E-state index in [0.717, 1.165) is 54.4 Å². The number of hydrogen-bond acceptors (Lipinski definition) is 4. The fourth-order valence-electron chi connectivity index (χ4n) is 4.52. The average molecular weight is 404 g/mol. The summed E-state index contributed by atoms with van der Waals surface area (Å²) in [6.45, 7) is 6.20. The Morgan fingerprint density at radius 3 is 2.67 bits per heavy atom. The first-order valence-corrected chi connectivity index (χ1v) is 10.5. The number of amides is 1. The van der Waals surface area contributed by atoms with Gasteiger partial charge in [0.15, 0.2) is 0 Å². The molecule has 1 amide bonds. The van der Waals surface area contributed by atoms with Crippen molar-refractivity contribution in [2.24, 2.45) is 4.99 Å². The smallest absolute Gasteiger partial charge is 0.259 e. The molecule has 0 bridgehead atoms. The SMILES string of the molecule is Cc1ccc(CN2C(=O)C3=C(CCN(Cc4cccc(F)c4)C3)N3CCN=C23)cc1. The topological polar surface area (TPSA) is 39.2 Å². The molecule has 6 heteroatoms. The molecule has 0 saturated heterocycles. The molecule has 3 aliphatic rings. The maximum atomic E-state index is 13.6. The number of fused-ring (bicyclic) bond motifs is 2. The van der Waals surface area contributed by atoms with Crippen LogP contribution in [-0.4, -0.2) is 52.7 Å². The van der Waals surface area contributed by atoms with Crippen molar-refractivity contribution in [1.82, 2.24) is 14.7 Å². The van der Waals surface area contributed by atoms with Gasteiger partial charge in [-0.25, -0.2) is 4.39 Å². The number of guanidine groups is 1. The van der Waals surface area contributed by atoms with Crippen LogP contribution in [0.25, 0.3) is 0 Å². The Hall–Kier alpha value is -2.99. The third-order valence-electron chi connectivity index (χ3n) is 6.04. The second-order valence-electron chi connectivity index (χ2n) is 8.23. The van der Waals surface area contributed by atoms with Crippen molar-refractivity contribution < 1.29 is 9.18 Å². The normalized spacial score (nSPS) is 19.1. The predicted molar refractivity (Wildman–Crippen MR) is 114 cm³/mol. The number of halogens is 1. The summed E-state index contributed by atoms with van der Waals surface area (Å²) >= 11 is 0. The van der Waals surface area contributed by atoms with Crippen LogP contribution in [0.1, 0.15) is 23.1 Å². The van der Waals surface area contributed by atoms with E-state index in [9.17, 15) is 9.18 Å². The van der Waals surface area contributed by atoms with Gasteiger partial charge in [-0.05, 0) is 30.2 Å². The number of rotatable bonds is 4. The molecule has 0 atom stereocenters. The number of carbonyl (C=O) groups excluding carboxylic acids is 1. The Kier molecular flexibility index (Phi) is 4.87. The minimum atomic E-state index is -0.222. The van der Waals surface area contributed by atoms with Crippen molar-refractivity contribution in [2.45, 2.75) is 26.4 Å². The third kappa shape index (κ3) is 3.52. The standard InChI is InChI=1S/C24H25FN4O/c1-17-5-7-18(8-6-17)15-29-23(30)21-16-27(14-19-3-2-4-20(25)13-19)11-9-22(21)28-12-10-26-24(28)29/h2-8,13H,9-12,14-16H2,1H3. The van der Waals surface area contributed by atoms with Crippen LogP contribution in [-0.2, 0) is 17.9 Å². The predicted octanol–water partition coefficient (Wildman–Crippen LogP) is 3.31. The molecule has 0 saturated carbocycles. The van der Waals surface area contributed by atoms with E-state index in [1.54, 1.807) is 12.1 Å². The zero-order chi connectivity index (χ0) is 20.7. The minimum absolute atomic E-state index is 0.0476. The average Bonchev–Trinajstić information content (AvgIpc) is 3.22. The molecule has 0 fully saturated rings. The van der Waals surface area contributed by atoms with E-state index in [2.05, 4.69) is 46.0 Å². The van der Waals surface area contributed by atoms with E-state index in [1.165, 1.54) is 11.6 Å². The molecule has 3 aliphatic heterocycles.